The molecule has 1 amide bonds. The molecule has 5 rings (SSSR count). The van der Waals surface area contributed by atoms with Gasteiger partial charge < -0.3 is 10.1 Å². The van der Waals surface area contributed by atoms with Crippen molar-refractivity contribution in [3.05, 3.63) is 89.0 Å². The molecule has 1 aliphatic carbocycles. The quantitative estimate of drug-likeness (QED) is 0.366. The smallest absolute Gasteiger partial charge is 0.221 e. The molecule has 0 aliphatic heterocycles. The maximum Gasteiger partial charge on any atom is 0.221 e. The van der Waals surface area contributed by atoms with Crippen LogP contribution in [0, 0.1) is 0 Å². The summed E-state index contributed by atoms with van der Waals surface area (Å²) in [7, 11) is 1.60. The number of amides is 1. The molecule has 1 heterocycles. The van der Waals surface area contributed by atoms with E-state index in [1.165, 1.54) is 6.92 Å². The van der Waals surface area contributed by atoms with Crippen LogP contribution in [0.1, 0.15) is 34.0 Å². The number of anilines is 1. The zero-order valence-electron chi connectivity index (χ0n) is 19.3. The van der Waals surface area contributed by atoms with Gasteiger partial charge in [-0.25, -0.2) is 0 Å². The number of Topliss-reactive ketones (excluding diaryl/α,β-unsaturated/α-hetero) is 1. The first-order chi connectivity index (χ1) is 16.9. The number of hydrogen-bond donors (Lipinski definition) is 2. The van der Waals surface area contributed by atoms with Crippen LogP contribution in [-0.2, 0) is 22.4 Å². The zero-order chi connectivity index (χ0) is 24.5. The highest BCUT2D eigenvalue weighted by atomic mass is 16.5. The molecule has 0 unspecified atom stereocenters. The highest BCUT2D eigenvalue weighted by molar-refractivity contribution is 6.24. The van der Waals surface area contributed by atoms with Crippen LogP contribution in [0.2, 0.25) is 0 Å². The van der Waals surface area contributed by atoms with Gasteiger partial charge in [0.2, 0.25) is 5.91 Å². The summed E-state index contributed by atoms with van der Waals surface area (Å²) in [6.45, 7) is 1.45. The third kappa shape index (κ3) is 4.24. The summed E-state index contributed by atoms with van der Waals surface area (Å²) in [6, 6.07) is 20.2. The second-order valence-electron chi connectivity index (χ2n) is 8.49. The van der Waals surface area contributed by atoms with Crippen LogP contribution < -0.4 is 10.1 Å². The van der Waals surface area contributed by atoms with Crippen molar-refractivity contribution in [2.75, 3.05) is 12.4 Å². The predicted molar refractivity (Wildman–Crippen MR) is 133 cm³/mol. The van der Waals surface area contributed by atoms with Gasteiger partial charge in [-0.15, -0.1) is 0 Å². The van der Waals surface area contributed by atoms with E-state index in [-0.39, 0.29) is 30.3 Å². The van der Waals surface area contributed by atoms with Crippen LogP contribution in [0.15, 0.2) is 66.7 Å². The first kappa shape index (κ1) is 22.3. The molecule has 1 aromatic heterocycles. The number of aromatic nitrogens is 2. The number of carbonyl (C=O) groups excluding carboxylic acids is 3. The summed E-state index contributed by atoms with van der Waals surface area (Å²) >= 11 is 0. The number of benzene rings is 3. The second-order valence-corrected chi connectivity index (χ2v) is 8.49. The molecule has 7 heteroatoms. The van der Waals surface area contributed by atoms with Crippen molar-refractivity contribution in [1.82, 2.24) is 10.2 Å². The Morgan fingerprint density at radius 3 is 2.37 bits per heavy atom. The van der Waals surface area contributed by atoms with Crippen molar-refractivity contribution in [2.24, 2.45) is 0 Å². The van der Waals surface area contributed by atoms with Gasteiger partial charge in [0.25, 0.3) is 0 Å². The zero-order valence-corrected chi connectivity index (χ0v) is 19.3. The molecule has 35 heavy (non-hydrogen) atoms. The minimum atomic E-state index is -0.147. The number of H-pyrrole nitrogens is 1. The van der Waals surface area contributed by atoms with Crippen LogP contribution in [0.3, 0.4) is 0 Å². The summed E-state index contributed by atoms with van der Waals surface area (Å²) in [5, 5.41) is 10.1. The normalized spacial score (nSPS) is 11.7. The first-order valence-corrected chi connectivity index (χ1v) is 11.2. The fourth-order valence-corrected chi connectivity index (χ4v) is 4.48. The highest BCUT2D eigenvalue weighted by Gasteiger charge is 2.34. The van der Waals surface area contributed by atoms with E-state index in [4.69, 9.17) is 4.74 Å². The average molecular weight is 466 g/mol. The predicted octanol–water partition coefficient (Wildman–Crippen LogP) is 4.61. The molecule has 0 saturated heterocycles. The van der Waals surface area contributed by atoms with E-state index in [1.54, 1.807) is 19.2 Å². The minimum Gasteiger partial charge on any atom is -0.497 e. The minimum absolute atomic E-state index is 0.00235. The Balaban J connectivity index is 1.38. The van der Waals surface area contributed by atoms with Gasteiger partial charge >= 0.3 is 0 Å². The Labute approximate surface area is 202 Å². The summed E-state index contributed by atoms with van der Waals surface area (Å²) in [6.07, 6.45) is 0.389. The molecular formula is C28H23N3O4. The molecule has 7 nitrogen and oxygen atoms in total. The van der Waals surface area contributed by atoms with Crippen LogP contribution in [-0.4, -0.2) is 34.8 Å². The van der Waals surface area contributed by atoms with Crippen LogP contribution >= 0.6 is 0 Å². The molecule has 0 radical (unpaired) electrons. The molecule has 4 aromatic rings. The van der Waals surface area contributed by atoms with Crippen molar-refractivity contribution >= 4 is 23.2 Å². The Morgan fingerprint density at radius 1 is 0.943 bits per heavy atom. The third-order valence-corrected chi connectivity index (χ3v) is 6.07. The number of aromatic amines is 1. The topological polar surface area (TPSA) is 101 Å². The summed E-state index contributed by atoms with van der Waals surface area (Å²) in [4.78, 5) is 37.6. The lowest BCUT2D eigenvalue weighted by atomic mass is 9.95. The van der Waals surface area contributed by atoms with Gasteiger partial charge in [-0.05, 0) is 47.5 Å². The fraction of sp³-hybridized carbons (Fsp3) is 0.143. The van der Waals surface area contributed by atoms with E-state index in [0.717, 1.165) is 22.4 Å². The van der Waals surface area contributed by atoms with Crippen molar-refractivity contribution in [3.8, 4) is 28.3 Å². The molecule has 0 saturated carbocycles. The molecule has 3 aromatic carbocycles. The number of methoxy groups -OCH3 is 1. The summed E-state index contributed by atoms with van der Waals surface area (Å²) in [5.41, 5.74) is 6.16. The van der Waals surface area contributed by atoms with Crippen molar-refractivity contribution in [2.45, 2.75) is 19.8 Å². The Kier molecular flexibility index (Phi) is 5.74. The number of carbonyl (C=O) groups is 3. The Hall–Kier alpha value is -4.52. The largest absolute Gasteiger partial charge is 0.497 e. The van der Waals surface area contributed by atoms with Crippen molar-refractivity contribution in [1.29, 1.82) is 0 Å². The Morgan fingerprint density at radius 2 is 1.69 bits per heavy atom. The first-order valence-electron chi connectivity index (χ1n) is 11.2. The number of rotatable bonds is 7. The molecule has 0 fully saturated rings. The van der Waals surface area contributed by atoms with E-state index in [0.29, 0.717) is 33.8 Å². The number of hydrogen-bond acceptors (Lipinski definition) is 5. The van der Waals surface area contributed by atoms with E-state index >= 15 is 0 Å². The number of nitrogens with one attached hydrogen (secondary N) is 2. The van der Waals surface area contributed by atoms with Gasteiger partial charge in [-0.3, -0.25) is 19.5 Å². The van der Waals surface area contributed by atoms with Gasteiger partial charge in [0.05, 0.1) is 18.4 Å². The lowest BCUT2D eigenvalue weighted by molar-refractivity contribution is -0.118. The fourth-order valence-electron chi connectivity index (χ4n) is 4.48. The van der Waals surface area contributed by atoms with E-state index in [1.807, 2.05) is 54.6 Å². The van der Waals surface area contributed by atoms with Gasteiger partial charge in [-0.2, -0.15) is 5.10 Å². The number of ketones is 2. The van der Waals surface area contributed by atoms with E-state index < -0.39 is 0 Å². The number of fused-ring (bicyclic) bond motifs is 3. The third-order valence-electron chi connectivity index (χ3n) is 6.07. The molecule has 0 spiro atoms. The molecule has 1 aliphatic rings. The summed E-state index contributed by atoms with van der Waals surface area (Å²) in [5.74, 6) is 0.452. The summed E-state index contributed by atoms with van der Waals surface area (Å²) < 4.78 is 5.22. The van der Waals surface area contributed by atoms with Crippen LogP contribution in [0.25, 0.3) is 22.5 Å². The maximum absolute atomic E-state index is 13.5. The molecule has 2 N–H and O–H groups in total. The number of ether oxygens (including phenoxy) is 1. The van der Waals surface area contributed by atoms with Crippen LogP contribution in [0.5, 0.6) is 5.75 Å². The SMILES string of the molecule is COc1ccc(-c2n[nH]c3c2C(=O)c2c(CC(=O)Cc4ccc(NC(C)=O)cc4)cccc2-3)cc1. The van der Waals surface area contributed by atoms with E-state index in [9.17, 15) is 14.4 Å². The monoisotopic (exact) mass is 465 g/mol. The van der Waals surface area contributed by atoms with Gasteiger partial charge in [0.15, 0.2) is 5.78 Å². The standard InChI is InChI=1S/C28H23N3O4/c1-16(32)29-20-10-6-17(7-11-20)14-21(33)15-19-4-3-5-23-24(19)28(34)25-26(30-31-27(23)25)18-8-12-22(35-2)13-9-18/h3-13H,14-15H2,1-2H3,(H,29,32)(H,30,31). The average Bonchev–Trinajstić information content (AvgIpc) is 3.40. The molecular weight excluding hydrogens is 442 g/mol. The van der Waals surface area contributed by atoms with E-state index in [2.05, 4.69) is 15.5 Å². The second kappa shape index (κ2) is 9.02. The number of nitrogens with zero attached hydrogens (tertiary/aromatic N) is 1. The van der Waals surface area contributed by atoms with Gasteiger partial charge in [-0.1, -0.05) is 30.3 Å². The van der Waals surface area contributed by atoms with Gasteiger partial charge in [0.1, 0.15) is 17.2 Å². The molecule has 0 bridgehead atoms. The van der Waals surface area contributed by atoms with Crippen molar-refractivity contribution in [3.63, 3.8) is 0 Å². The Bertz CT molecular complexity index is 1450. The highest BCUT2D eigenvalue weighted by Crippen LogP contribution is 2.41. The molecule has 174 valence electrons. The molecule has 0 atom stereocenters. The van der Waals surface area contributed by atoms with Crippen molar-refractivity contribution < 1.29 is 19.1 Å². The lowest BCUT2D eigenvalue weighted by Gasteiger charge is -2.08. The van der Waals surface area contributed by atoms with Crippen LogP contribution in [0.4, 0.5) is 5.69 Å². The maximum atomic E-state index is 13.5. The lowest BCUT2D eigenvalue weighted by Crippen LogP contribution is -2.11. The van der Waals surface area contributed by atoms with Gasteiger partial charge in [0, 0.05) is 42.1 Å².